The third-order valence-electron chi connectivity index (χ3n) is 8.78. The molecule has 0 radical (unpaired) electrons. The Morgan fingerprint density at radius 1 is 0.878 bits per heavy atom. The Bertz CT molecular complexity index is 1480. The first-order valence-electron chi connectivity index (χ1n) is 17.3. The molecule has 1 aliphatic rings. The zero-order valence-corrected chi connectivity index (χ0v) is 30.6. The normalized spacial score (nSPS) is 16.2. The van der Waals surface area contributed by atoms with Gasteiger partial charge in [0.25, 0.3) is 5.91 Å². The predicted molar refractivity (Wildman–Crippen MR) is 198 cm³/mol. The fraction of sp³-hybridized carbons (Fsp3) is 0.462. The molecule has 10 heteroatoms. The van der Waals surface area contributed by atoms with Crippen LogP contribution in [0.25, 0.3) is 0 Å². The molecule has 49 heavy (non-hydrogen) atoms. The lowest BCUT2D eigenvalue weighted by molar-refractivity contribution is -0.129. The van der Waals surface area contributed by atoms with Crippen LogP contribution in [0, 0.1) is 19.8 Å². The van der Waals surface area contributed by atoms with Crippen LogP contribution in [0.2, 0.25) is 0 Å². The van der Waals surface area contributed by atoms with Gasteiger partial charge >= 0.3 is 6.03 Å². The monoisotopic (exact) mass is 688 g/mol. The zero-order chi connectivity index (χ0) is 35.3. The average molecular weight is 689 g/mol. The Hall–Kier alpha value is -3.94. The third kappa shape index (κ3) is 11.6. The van der Waals surface area contributed by atoms with E-state index in [9.17, 15) is 14.4 Å². The maximum Gasteiger partial charge on any atom is 0.318 e. The number of benzene rings is 3. The summed E-state index contributed by atoms with van der Waals surface area (Å²) in [6, 6.07) is 24.3. The second-order valence-electron chi connectivity index (χ2n) is 13.4. The first-order chi connectivity index (χ1) is 23.5. The molecule has 9 nitrogen and oxygen atoms in total. The summed E-state index contributed by atoms with van der Waals surface area (Å²) < 4.78 is 12.6. The summed E-state index contributed by atoms with van der Waals surface area (Å²) in [5.41, 5.74) is 4.04. The maximum absolute atomic E-state index is 14.1. The first-order valence-corrected chi connectivity index (χ1v) is 18.0. The van der Waals surface area contributed by atoms with Crippen molar-refractivity contribution in [2.75, 3.05) is 19.7 Å². The van der Waals surface area contributed by atoms with E-state index in [1.165, 1.54) is 0 Å². The van der Waals surface area contributed by atoms with Crippen LogP contribution in [0.3, 0.4) is 0 Å². The van der Waals surface area contributed by atoms with E-state index in [2.05, 4.69) is 25.2 Å². The van der Waals surface area contributed by atoms with E-state index in [0.29, 0.717) is 38.1 Å². The summed E-state index contributed by atoms with van der Waals surface area (Å²) in [6.07, 6.45) is 1.81. The van der Waals surface area contributed by atoms with Gasteiger partial charge in [0.1, 0.15) is 11.8 Å². The molecule has 4 rings (SSSR count). The molecule has 0 aromatic heterocycles. The van der Waals surface area contributed by atoms with Crippen LogP contribution in [-0.4, -0.2) is 72.5 Å². The Morgan fingerprint density at radius 3 is 2.06 bits per heavy atom. The van der Waals surface area contributed by atoms with E-state index in [0.717, 1.165) is 28.7 Å². The summed E-state index contributed by atoms with van der Waals surface area (Å²) in [5, 5.41) is 9.43. The zero-order valence-electron chi connectivity index (χ0n) is 29.5. The first kappa shape index (κ1) is 37.9. The molecule has 0 spiro atoms. The Balaban J connectivity index is 1.61. The SMILES string of the molecule is Cc1cccc(C)c1OCC(=O)N[C@@H](Cc1ccccc1)[C@H](C[C@H](Cc1ccccc1)NC(=O)[C@H](C(C)C)N1CCCNC1=O)OC(C)P. The Morgan fingerprint density at radius 2 is 1.49 bits per heavy atom. The minimum absolute atomic E-state index is 0.0951. The van der Waals surface area contributed by atoms with Crippen LogP contribution in [0.1, 0.15) is 55.9 Å². The molecule has 1 heterocycles. The van der Waals surface area contributed by atoms with Crippen molar-refractivity contribution in [3.05, 3.63) is 101 Å². The molecule has 3 N–H and O–H groups in total. The molecule has 0 aliphatic carbocycles. The van der Waals surface area contributed by atoms with Gasteiger partial charge in [0.05, 0.1) is 18.0 Å². The standard InChI is InChI=1S/C39H53N4O5P/c1-26(2)36(43-21-13-20-40-39(43)46)38(45)41-32(22-30-16-8-6-9-17-30)24-34(48-29(5)49)33(23-31-18-10-7-11-19-31)42-35(44)25-47-37-27(3)14-12-15-28(37)4/h6-12,14-19,26,29,32-34,36H,13,20-25,49H2,1-5H3,(H,40,46)(H,41,45)(H,42,44)/t29?,32-,33-,34-,36-/m0/s1. The highest BCUT2D eigenvalue weighted by molar-refractivity contribution is 7.17. The van der Waals surface area contributed by atoms with Crippen molar-refractivity contribution in [1.82, 2.24) is 20.9 Å². The second-order valence-corrected chi connectivity index (χ2v) is 14.3. The molecule has 3 aromatic carbocycles. The van der Waals surface area contributed by atoms with Crippen LogP contribution < -0.4 is 20.7 Å². The lowest BCUT2D eigenvalue weighted by Crippen LogP contribution is -2.59. The molecule has 3 aromatic rings. The van der Waals surface area contributed by atoms with Gasteiger partial charge in [-0.1, -0.05) is 92.7 Å². The quantitative estimate of drug-likeness (QED) is 0.161. The predicted octanol–water partition coefficient (Wildman–Crippen LogP) is 5.57. The number of nitrogens with one attached hydrogen (secondary N) is 3. The molecular weight excluding hydrogens is 635 g/mol. The Labute approximate surface area is 294 Å². The van der Waals surface area contributed by atoms with Crippen molar-refractivity contribution in [2.24, 2.45) is 5.92 Å². The number of amides is 4. The van der Waals surface area contributed by atoms with Crippen LogP contribution in [0.4, 0.5) is 4.79 Å². The molecule has 0 saturated carbocycles. The van der Waals surface area contributed by atoms with Gasteiger partial charge in [-0.3, -0.25) is 9.59 Å². The van der Waals surface area contributed by atoms with E-state index >= 15 is 0 Å². The molecule has 6 atom stereocenters. The molecule has 1 saturated heterocycles. The lowest BCUT2D eigenvalue weighted by atomic mass is 9.92. The summed E-state index contributed by atoms with van der Waals surface area (Å²) in [7, 11) is 2.69. The molecule has 264 valence electrons. The van der Waals surface area contributed by atoms with Crippen LogP contribution in [0.15, 0.2) is 78.9 Å². The minimum atomic E-state index is -0.625. The van der Waals surface area contributed by atoms with Gasteiger partial charge in [-0.25, -0.2) is 4.79 Å². The van der Waals surface area contributed by atoms with Gasteiger partial charge in [-0.05, 0) is 74.6 Å². The highest BCUT2D eigenvalue weighted by atomic mass is 31.0. The van der Waals surface area contributed by atoms with E-state index in [1.807, 2.05) is 113 Å². The number of carbonyl (C=O) groups is 3. The fourth-order valence-electron chi connectivity index (χ4n) is 6.52. The van der Waals surface area contributed by atoms with Gasteiger partial charge in [0.2, 0.25) is 5.91 Å². The van der Waals surface area contributed by atoms with E-state index in [1.54, 1.807) is 4.90 Å². The van der Waals surface area contributed by atoms with Crippen LogP contribution in [-0.2, 0) is 27.2 Å². The third-order valence-corrected chi connectivity index (χ3v) is 8.93. The number of nitrogens with zero attached hydrogens (tertiary/aromatic N) is 1. The van der Waals surface area contributed by atoms with Crippen molar-refractivity contribution in [2.45, 2.75) is 90.4 Å². The van der Waals surface area contributed by atoms with E-state index < -0.39 is 18.2 Å². The van der Waals surface area contributed by atoms with Gasteiger partial charge < -0.3 is 30.3 Å². The van der Waals surface area contributed by atoms with Crippen molar-refractivity contribution < 1.29 is 23.9 Å². The van der Waals surface area contributed by atoms with Crippen LogP contribution in [0.5, 0.6) is 5.75 Å². The largest absolute Gasteiger partial charge is 0.483 e. The maximum atomic E-state index is 14.1. The number of para-hydroxylation sites is 1. The van der Waals surface area contributed by atoms with E-state index in [-0.39, 0.29) is 42.3 Å². The van der Waals surface area contributed by atoms with Crippen molar-refractivity contribution >= 4 is 27.1 Å². The summed E-state index contributed by atoms with van der Waals surface area (Å²) in [5.74, 6) is -0.0668. The number of rotatable bonds is 17. The molecule has 4 amide bonds. The second kappa shape index (κ2) is 18.7. The average Bonchev–Trinajstić information content (AvgIpc) is 3.05. The number of carbonyl (C=O) groups excluding carboxylic acids is 3. The number of hydrogen-bond donors (Lipinski definition) is 3. The number of ether oxygens (including phenoxy) is 2. The Kier molecular flexibility index (Phi) is 14.5. The molecular formula is C39H53N4O5P. The summed E-state index contributed by atoms with van der Waals surface area (Å²) in [4.78, 5) is 42.1. The van der Waals surface area contributed by atoms with Gasteiger partial charge in [-0.2, -0.15) is 0 Å². The minimum Gasteiger partial charge on any atom is -0.483 e. The molecule has 1 aliphatic heterocycles. The molecule has 0 bridgehead atoms. The summed E-state index contributed by atoms with van der Waals surface area (Å²) in [6.45, 7) is 10.8. The highest BCUT2D eigenvalue weighted by Gasteiger charge is 2.36. The van der Waals surface area contributed by atoms with Crippen molar-refractivity contribution in [3.63, 3.8) is 0 Å². The van der Waals surface area contributed by atoms with Gasteiger partial charge in [0.15, 0.2) is 6.61 Å². The fourth-order valence-corrected chi connectivity index (χ4v) is 6.72. The van der Waals surface area contributed by atoms with Crippen molar-refractivity contribution in [1.29, 1.82) is 0 Å². The number of aryl methyl sites for hydroxylation is 2. The number of hydrogen-bond acceptors (Lipinski definition) is 5. The van der Waals surface area contributed by atoms with E-state index in [4.69, 9.17) is 9.47 Å². The smallest absolute Gasteiger partial charge is 0.318 e. The highest BCUT2D eigenvalue weighted by Crippen LogP contribution is 2.24. The van der Waals surface area contributed by atoms with Gasteiger partial charge in [0, 0.05) is 19.1 Å². The van der Waals surface area contributed by atoms with Gasteiger partial charge in [-0.15, -0.1) is 9.24 Å². The number of urea groups is 1. The summed E-state index contributed by atoms with van der Waals surface area (Å²) >= 11 is 0. The molecule has 1 fully saturated rings. The van der Waals surface area contributed by atoms with Crippen LogP contribution >= 0.6 is 9.24 Å². The topological polar surface area (TPSA) is 109 Å². The molecule has 2 unspecified atom stereocenters. The van der Waals surface area contributed by atoms with Crippen molar-refractivity contribution in [3.8, 4) is 5.75 Å². The lowest BCUT2D eigenvalue weighted by Gasteiger charge is -2.38.